The van der Waals surface area contributed by atoms with E-state index in [0.29, 0.717) is 5.41 Å². The first kappa shape index (κ1) is 11.0. The number of rotatable bonds is 1. The van der Waals surface area contributed by atoms with Gasteiger partial charge in [-0.1, -0.05) is 44.1 Å². The molecule has 0 unspecified atom stereocenters. The second-order valence-corrected chi connectivity index (χ2v) is 5.70. The van der Waals surface area contributed by atoms with E-state index >= 15 is 0 Å². The molecule has 0 aromatic rings. The highest BCUT2D eigenvalue weighted by Gasteiger charge is 2.37. The summed E-state index contributed by atoms with van der Waals surface area (Å²) in [6.07, 6.45) is 14.2. The molecule has 15 heavy (non-hydrogen) atoms. The van der Waals surface area contributed by atoms with Gasteiger partial charge < -0.3 is 0 Å². The van der Waals surface area contributed by atoms with Crippen LogP contribution in [0.4, 0.5) is 0 Å². The molecule has 0 aliphatic heterocycles. The van der Waals surface area contributed by atoms with Crippen molar-refractivity contribution in [3.8, 4) is 0 Å². The molecule has 0 saturated heterocycles. The predicted octanol–water partition coefficient (Wildman–Crippen LogP) is 4.73. The molecule has 0 N–H and O–H groups in total. The summed E-state index contributed by atoms with van der Waals surface area (Å²) in [4.78, 5) is 0. The second kappa shape index (κ2) is 4.15. The summed E-state index contributed by atoms with van der Waals surface area (Å²) < 4.78 is 0. The molecule has 2 rings (SSSR count). The average Bonchev–Trinajstić information content (AvgIpc) is 2.20. The van der Waals surface area contributed by atoms with Crippen molar-refractivity contribution < 1.29 is 0 Å². The van der Waals surface area contributed by atoms with Crippen molar-refractivity contribution in [3.05, 3.63) is 23.8 Å². The molecule has 0 aromatic heterocycles. The molecular weight excluding hydrogens is 180 g/mol. The van der Waals surface area contributed by atoms with E-state index in [1.54, 1.807) is 5.57 Å². The number of fused-ring (bicyclic) bond motifs is 1. The maximum Gasteiger partial charge on any atom is -0.00503 e. The van der Waals surface area contributed by atoms with Crippen LogP contribution in [0.15, 0.2) is 23.8 Å². The van der Waals surface area contributed by atoms with Gasteiger partial charge in [-0.25, -0.2) is 0 Å². The molecule has 84 valence electrons. The molecule has 0 heterocycles. The molecular formula is C15H24. The standard InChI is InChI=1S/C15H24/c1-4-6-13-8-10-15(3)9-5-7-12(2)14(15)11-13/h4,6,11-13H,5,7-10H2,1-3H3/t12-,13-,15+/m0/s1. The van der Waals surface area contributed by atoms with Gasteiger partial charge in [0.25, 0.3) is 0 Å². The van der Waals surface area contributed by atoms with Crippen LogP contribution < -0.4 is 0 Å². The second-order valence-electron chi connectivity index (χ2n) is 5.70. The minimum atomic E-state index is 0.551. The van der Waals surface area contributed by atoms with Crippen LogP contribution in [0.1, 0.15) is 52.9 Å². The van der Waals surface area contributed by atoms with Gasteiger partial charge in [-0.05, 0) is 49.9 Å². The Bertz CT molecular complexity index is 284. The Morgan fingerprint density at radius 2 is 2.13 bits per heavy atom. The molecule has 0 heteroatoms. The van der Waals surface area contributed by atoms with Gasteiger partial charge in [0.1, 0.15) is 0 Å². The highest BCUT2D eigenvalue weighted by molar-refractivity contribution is 5.24. The minimum Gasteiger partial charge on any atom is -0.0911 e. The Kier molecular flexibility index (Phi) is 3.04. The first-order valence-electron chi connectivity index (χ1n) is 6.51. The fraction of sp³-hybridized carbons (Fsp3) is 0.733. The predicted molar refractivity (Wildman–Crippen MR) is 66.7 cm³/mol. The lowest BCUT2D eigenvalue weighted by Gasteiger charge is -2.44. The lowest BCUT2D eigenvalue weighted by atomic mass is 9.61. The van der Waals surface area contributed by atoms with Gasteiger partial charge in [-0.3, -0.25) is 0 Å². The van der Waals surface area contributed by atoms with Gasteiger partial charge in [0.05, 0.1) is 0 Å². The van der Waals surface area contributed by atoms with Crippen molar-refractivity contribution in [1.29, 1.82) is 0 Å². The van der Waals surface area contributed by atoms with E-state index in [4.69, 9.17) is 0 Å². The number of allylic oxidation sites excluding steroid dienone is 4. The largest absolute Gasteiger partial charge is 0.0911 e. The minimum absolute atomic E-state index is 0.551. The van der Waals surface area contributed by atoms with Crippen LogP contribution in [0, 0.1) is 17.3 Å². The lowest BCUT2D eigenvalue weighted by Crippen LogP contribution is -2.31. The molecule has 0 bridgehead atoms. The highest BCUT2D eigenvalue weighted by atomic mass is 14.4. The third kappa shape index (κ3) is 2.04. The zero-order valence-electron chi connectivity index (χ0n) is 10.4. The lowest BCUT2D eigenvalue weighted by molar-refractivity contribution is 0.219. The van der Waals surface area contributed by atoms with E-state index in [1.807, 2.05) is 0 Å². The van der Waals surface area contributed by atoms with E-state index < -0.39 is 0 Å². The summed E-state index contributed by atoms with van der Waals surface area (Å²) in [5, 5.41) is 0. The maximum atomic E-state index is 2.58. The van der Waals surface area contributed by atoms with Crippen molar-refractivity contribution in [2.75, 3.05) is 0 Å². The Labute approximate surface area is 94.5 Å². The SMILES string of the molecule is CC=C[C@@H]1C=C2[C@@H](C)CCC[C@]2(C)CC1. The Balaban J connectivity index is 2.25. The quantitative estimate of drug-likeness (QED) is 0.542. The number of hydrogen-bond donors (Lipinski definition) is 0. The van der Waals surface area contributed by atoms with Crippen molar-refractivity contribution in [3.63, 3.8) is 0 Å². The summed E-state index contributed by atoms with van der Waals surface area (Å²) in [6.45, 7) is 7.04. The van der Waals surface area contributed by atoms with E-state index in [-0.39, 0.29) is 0 Å². The summed E-state index contributed by atoms with van der Waals surface area (Å²) in [6, 6.07) is 0. The van der Waals surface area contributed by atoms with Gasteiger partial charge in [0, 0.05) is 0 Å². The van der Waals surface area contributed by atoms with E-state index in [9.17, 15) is 0 Å². The Morgan fingerprint density at radius 3 is 2.87 bits per heavy atom. The van der Waals surface area contributed by atoms with Crippen LogP contribution >= 0.6 is 0 Å². The van der Waals surface area contributed by atoms with E-state index in [1.165, 1.54) is 32.1 Å². The van der Waals surface area contributed by atoms with E-state index in [0.717, 1.165) is 11.8 Å². The zero-order valence-corrected chi connectivity index (χ0v) is 10.4. The average molecular weight is 204 g/mol. The van der Waals surface area contributed by atoms with Crippen molar-refractivity contribution in [2.24, 2.45) is 17.3 Å². The summed E-state index contributed by atoms with van der Waals surface area (Å²) in [5.41, 5.74) is 2.32. The van der Waals surface area contributed by atoms with Crippen molar-refractivity contribution in [1.82, 2.24) is 0 Å². The molecule has 0 nitrogen and oxygen atoms in total. The monoisotopic (exact) mass is 204 g/mol. The topological polar surface area (TPSA) is 0 Å². The number of hydrogen-bond acceptors (Lipinski definition) is 0. The van der Waals surface area contributed by atoms with Gasteiger partial charge >= 0.3 is 0 Å². The Morgan fingerprint density at radius 1 is 1.33 bits per heavy atom. The molecule has 0 aromatic carbocycles. The van der Waals surface area contributed by atoms with Gasteiger partial charge in [-0.15, -0.1) is 0 Å². The first-order chi connectivity index (χ1) is 7.15. The normalized spacial score (nSPS) is 41.4. The third-order valence-electron chi connectivity index (χ3n) is 4.46. The van der Waals surface area contributed by atoms with Gasteiger partial charge in [0.15, 0.2) is 0 Å². The van der Waals surface area contributed by atoms with Gasteiger partial charge in [0.2, 0.25) is 0 Å². The first-order valence-corrected chi connectivity index (χ1v) is 6.51. The summed E-state index contributed by atoms with van der Waals surface area (Å²) in [7, 11) is 0. The van der Waals surface area contributed by atoms with Crippen LogP contribution in [0.3, 0.4) is 0 Å². The molecule has 0 radical (unpaired) electrons. The molecule has 0 spiro atoms. The van der Waals surface area contributed by atoms with Crippen LogP contribution in [0.25, 0.3) is 0 Å². The fourth-order valence-electron chi connectivity index (χ4n) is 3.53. The van der Waals surface area contributed by atoms with E-state index in [2.05, 4.69) is 39.0 Å². The van der Waals surface area contributed by atoms with Gasteiger partial charge in [-0.2, -0.15) is 0 Å². The molecule has 2 aliphatic rings. The van der Waals surface area contributed by atoms with Crippen molar-refractivity contribution in [2.45, 2.75) is 52.9 Å². The van der Waals surface area contributed by atoms with Crippen molar-refractivity contribution >= 4 is 0 Å². The summed E-state index contributed by atoms with van der Waals surface area (Å²) in [5.74, 6) is 1.55. The smallest absolute Gasteiger partial charge is 0.00503 e. The molecule has 3 atom stereocenters. The highest BCUT2D eigenvalue weighted by Crippen LogP contribution is 2.50. The fourth-order valence-corrected chi connectivity index (χ4v) is 3.53. The van der Waals surface area contributed by atoms with Crippen LogP contribution in [0.5, 0.6) is 0 Å². The van der Waals surface area contributed by atoms with Crippen LogP contribution in [-0.2, 0) is 0 Å². The maximum absolute atomic E-state index is 2.58. The summed E-state index contributed by atoms with van der Waals surface area (Å²) >= 11 is 0. The molecule has 2 aliphatic carbocycles. The zero-order chi connectivity index (χ0) is 10.9. The Hall–Kier alpha value is -0.520. The molecule has 0 amide bonds. The molecule has 1 fully saturated rings. The van der Waals surface area contributed by atoms with Crippen LogP contribution in [-0.4, -0.2) is 0 Å². The third-order valence-corrected chi connectivity index (χ3v) is 4.46. The molecule has 1 saturated carbocycles. The van der Waals surface area contributed by atoms with Crippen LogP contribution in [0.2, 0.25) is 0 Å².